The Morgan fingerprint density at radius 3 is 1.48 bits per heavy atom. The van der Waals surface area contributed by atoms with Crippen LogP contribution in [0.2, 0.25) is 0 Å². The number of hydrogen-bond donors (Lipinski definition) is 0. The van der Waals surface area contributed by atoms with Gasteiger partial charge < -0.3 is 0 Å². The van der Waals surface area contributed by atoms with Crippen LogP contribution in [-0.2, 0) is 0 Å². The molecular formula is C25H32. The molecule has 0 amide bonds. The second-order valence-electron chi connectivity index (χ2n) is 5.86. The van der Waals surface area contributed by atoms with Crippen molar-refractivity contribution in [1.82, 2.24) is 0 Å². The van der Waals surface area contributed by atoms with Gasteiger partial charge in [0.25, 0.3) is 0 Å². The lowest BCUT2D eigenvalue weighted by Gasteiger charge is -1.97. The summed E-state index contributed by atoms with van der Waals surface area (Å²) in [7, 11) is 0. The number of allylic oxidation sites excluding steroid dienone is 3. The van der Waals surface area contributed by atoms with E-state index in [1.807, 2.05) is 85.0 Å². The van der Waals surface area contributed by atoms with Crippen LogP contribution in [0.15, 0.2) is 98.6 Å². The summed E-state index contributed by atoms with van der Waals surface area (Å²) in [5.74, 6) is 0.819. The number of benzene rings is 2. The van der Waals surface area contributed by atoms with Crippen LogP contribution in [0.4, 0.5) is 0 Å². The van der Waals surface area contributed by atoms with Crippen molar-refractivity contribution in [2.45, 2.75) is 26.7 Å². The first-order valence-electron chi connectivity index (χ1n) is 8.76. The van der Waals surface area contributed by atoms with E-state index in [0.717, 1.165) is 5.92 Å². The van der Waals surface area contributed by atoms with E-state index in [1.165, 1.54) is 24.0 Å². The van der Waals surface area contributed by atoms with E-state index in [4.69, 9.17) is 0 Å². The molecule has 0 bridgehead atoms. The van der Waals surface area contributed by atoms with E-state index < -0.39 is 0 Å². The molecule has 2 aromatic rings. The third-order valence-corrected chi connectivity index (χ3v) is 3.25. The van der Waals surface area contributed by atoms with Crippen molar-refractivity contribution in [3.05, 3.63) is 110 Å². The molecule has 0 N–H and O–H groups in total. The lowest BCUT2D eigenvalue weighted by molar-refractivity contribution is 0.594. The van der Waals surface area contributed by atoms with Gasteiger partial charge >= 0.3 is 0 Å². The minimum atomic E-state index is 0.819. The highest BCUT2D eigenvalue weighted by molar-refractivity contribution is 5.46. The van der Waals surface area contributed by atoms with Gasteiger partial charge in [0, 0.05) is 0 Å². The molecule has 0 saturated carbocycles. The van der Waals surface area contributed by atoms with Crippen molar-refractivity contribution in [3.8, 4) is 0 Å². The van der Waals surface area contributed by atoms with Gasteiger partial charge in [0.1, 0.15) is 0 Å². The van der Waals surface area contributed by atoms with E-state index in [-0.39, 0.29) is 0 Å². The molecule has 0 fully saturated rings. The summed E-state index contributed by atoms with van der Waals surface area (Å²) in [5.41, 5.74) is 2.35. The molecule has 0 aliphatic carbocycles. The molecule has 0 atom stereocenters. The smallest absolute Gasteiger partial charge is 0.0263 e. The molecular weight excluding hydrogens is 300 g/mol. The lowest BCUT2D eigenvalue weighted by Crippen LogP contribution is -1.83. The Morgan fingerprint density at radius 1 is 0.760 bits per heavy atom. The minimum absolute atomic E-state index is 0.819. The van der Waals surface area contributed by atoms with Gasteiger partial charge in [0.05, 0.1) is 0 Å². The third kappa shape index (κ3) is 14.7. The third-order valence-electron chi connectivity index (χ3n) is 3.25. The van der Waals surface area contributed by atoms with Crippen LogP contribution >= 0.6 is 0 Å². The fourth-order valence-electron chi connectivity index (χ4n) is 1.80. The van der Waals surface area contributed by atoms with Crippen molar-refractivity contribution in [2.75, 3.05) is 0 Å². The van der Waals surface area contributed by atoms with Crippen LogP contribution in [0, 0.1) is 5.92 Å². The van der Waals surface area contributed by atoms with Crippen LogP contribution in [-0.4, -0.2) is 0 Å². The highest BCUT2D eigenvalue weighted by atomic mass is 13.9. The Morgan fingerprint density at radius 2 is 1.20 bits per heavy atom. The Labute approximate surface area is 154 Å². The molecule has 2 rings (SSSR count). The summed E-state index contributed by atoms with van der Waals surface area (Å²) in [6.07, 6.45) is 12.1. The Hall–Kier alpha value is -2.60. The van der Waals surface area contributed by atoms with Crippen LogP contribution in [0.25, 0.3) is 12.2 Å². The van der Waals surface area contributed by atoms with Gasteiger partial charge in [-0.05, 0) is 29.9 Å². The molecule has 132 valence electrons. The molecule has 0 unspecified atom stereocenters. The normalized spacial score (nSPS) is 9.40. The Kier molecular flexibility index (Phi) is 14.6. The zero-order valence-electron chi connectivity index (χ0n) is 15.8. The van der Waals surface area contributed by atoms with Gasteiger partial charge in [0.15, 0.2) is 0 Å². The monoisotopic (exact) mass is 332 g/mol. The molecule has 0 aliphatic heterocycles. The first-order valence-corrected chi connectivity index (χ1v) is 8.76. The first-order chi connectivity index (χ1) is 12.1. The minimum Gasteiger partial charge on any atom is -0.0991 e. The van der Waals surface area contributed by atoms with Crippen molar-refractivity contribution in [2.24, 2.45) is 5.92 Å². The molecule has 0 aliphatic rings. The fraction of sp³-hybridized carbons (Fsp3) is 0.200. The van der Waals surface area contributed by atoms with Crippen LogP contribution < -0.4 is 0 Å². The Balaban J connectivity index is 0.000000346. The first kappa shape index (κ1) is 22.4. The van der Waals surface area contributed by atoms with Gasteiger partial charge in [-0.1, -0.05) is 125 Å². The van der Waals surface area contributed by atoms with Crippen LogP contribution in [0.5, 0.6) is 0 Å². The number of rotatable bonds is 6. The van der Waals surface area contributed by atoms with E-state index in [0.29, 0.717) is 0 Å². The van der Waals surface area contributed by atoms with Crippen molar-refractivity contribution in [1.29, 1.82) is 0 Å². The Bertz CT molecular complexity index is 545. The molecule has 0 heteroatoms. The highest BCUT2D eigenvalue weighted by Crippen LogP contribution is 2.03. The summed E-state index contributed by atoms with van der Waals surface area (Å²) in [6.45, 7) is 15.3. The second-order valence-corrected chi connectivity index (χ2v) is 5.86. The molecule has 0 spiro atoms. The molecule has 2 aromatic carbocycles. The van der Waals surface area contributed by atoms with Gasteiger partial charge in [-0.3, -0.25) is 0 Å². The predicted octanol–water partition coefficient (Wildman–Crippen LogP) is 7.82. The quantitative estimate of drug-likeness (QED) is 0.473. The predicted molar refractivity (Wildman–Crippen MR) is 116 cm³/mol. The van der Waals surface area contributed by atoms with Crippen LogP contribution in [0.3, 0.4) is 0 Å². The zero-order valence-corrected chi connectivity index (χ0v) is 15.8. The maximum Gasteiger partial charge on any atom is -0.0263 e. The maximum atomic E-state index is 3.63. The van der Waals surface area contributed by atoms with Gasteiger partial charge in [-0.25, -0.2) is 0 Å². The highest BCUT2D eigenvalue weighted by Gasteiger charge is 1.87. The van der Waals surface area contributed by atoms with E-state index >= 15 is 0 Å². The van der Waals surface area contributed by atoms with Crippen molar-refractivity contribution >= 4 is 12.2 Å². The molecule has 0 aromatic heterocycles. The van der Waals surface area contributed by atoms with Gasteiger partial charge in [-0.15, -0.1) is 0 Å². The molecule has 0 heterocycles. The fourth-order valence-corrected chi connectivity index (χ4v) is 1.80. The summed E-state index contributed by atoms with van der Waals surface area (Å²) in [4.78, 5) is 0. The summed E-state index contributed by atoms with van der Waals surface area (Å²) in [6, 6.07) is 20.1. The molecule has 0 saturated heterocycles. The summed E-state index contributed by atoms with van der Waals surface area (Å²) >= 11 is 0. The van der Waals surface area contributed by atoms with Crippen molar-refractivity contribution in [3.63, 3.8) is 0 Å². The standard InChI is InChI=1S/C9H16.2C8H8/c1-4-5-6-7-8-9(2)3;2*1-2-8-6-4-3-5-7-8/h4-6,9H,1,7-8H2,2-3H3;2*2-7H,1H2. The van der Waals surface area contributed by atoms with E-state index in [1.54, 1.807) is 0 Å². The van der Waals surface area contributed by atoms with E-state index in [9.17, 15) is 0 Å². The molecule has 0 radical (unpaired) electrons. The van der Waals surface area contributed by atoms with Gasteiger partial charge in [0.2, 0.25) is 0 Å². The van der Waals surface area contributed by atoms with Crippen LogP contribution in [0.1, 0.15) is 37.8 Å². The molecule has 25 heavy (non-hydrogen) atoms. The van der Waals surface area contributed by atoms with E-state index in [2.05, 4.69) is 39.7 Å². The topological polar surface area (TPSA) is 0 Å². The second kappa shape index (κ2) is 16.3. The summed E-state index contributed by atoms with van der Waals surface area (Å²) in [5, 5.41) is 0. The maximum absolute atomic E-state index is 3.63. The SMILES string of the molecule is C=CC=CCCC(C)C.C=Cc1ccccc1.C=Cc1ccccc1. The van der Waals surface area contributed by atoms with Crippen molar-refractivity contribution < 1.29 is 0 Å². The summed E-state index contributed by atoms with van der Waals surface area (Å²) < 4.78 is 0. The average molecular weight is 333 g/mol. The average Bonchev–Trinajstić information content (AvgIpc) is 2.67. The largest absolute Gasteiger partial charge is 0.0991 e. The molecule has 0 nitrogen and oxygen atoms in total. The lowest BCUT2D eigenvalue weighted by atomic mass is 10.1. The van der Waals surface area contributed by atoms with Gasteiger partial charge in [-0.2, -0.15) is 0 Å². The zero-order chi connectivity index (χ0) is 18.8. The number of hydrogen-bond acceptors (Lipinski definition) is 0.